The van der Waals surface area contributed by atoms with E-state index in [9.17, 15) is 0 Å². The summed E-state index contributed by atoms with van der Waals surface area (Å²) in [6.07, 6.45) is 0. The maximum Gasteiger partial charge on any atom is 0.143 e. The van der Waals surface area contributed by atoms with Gasteiger partial charge in [0.15, 0.2) is 0 Å². The van der Waals surface area contributed by atoms with Gasteiger partial charge in [-0.1, -0.05) is 146 Å². The fourth-order valence-corrected chi connectivity index (χ4v) is 9.02. The first-order valence-corrected chi connectivity index (χ1v) is 19.4. The Bertz CT molecular complexity index is 3540. The van der Waals surface area contributed by atoms with Crippen LogP contribution in [0.25, 0.3) is 98.4 Å². The summed E-state index contributed by atoms with van der Waals surface area (Å²) in [5.41, 5.74) is 11.5. The van der Waals surface area contributed by atoms with Gasteiger partial charge in [-0.25, -0.2) is 0 Å². The van der Waals surface area contributed by atoms with Gasteiger partial charge in [0.2, 0.25) is 0 Å². The zero-order valence-corrected chi connectivity index (χ0v) is 30.8. The molecule has 10 aromatic carbocycles. The smallest absolute Gasteiger partial charge is 0.143 e. The largest absolute Gasteiger partial charge is 0.456 e. The molecule has 57 heavy (non-hydrogen) atoms. The number of hydrogen-bond donors (Lipinski definition) is 0. The SMILES string of the molecule is c1ccc(-c2ccccc2N(c2ccc3c(c2)oc2c4ccccc4ccc32)c2ccc(-c3ccc4c(ccc5oc6ccccc6c54)c3)c3ccccc23)cc1. The molecule has 2 heterocycles. The molecule has 0 atom stereocenters. The Balaban J connectivity index is 1.07. The molecule has 0 amide bonds. The van der Waals surface area contributed by atoms with Gasteiger partial charge in [-0.3, -0.25) is 0 Å². The number of furan rings is 2. The molecule has 0 radical (unpaired) electrons. The van der Waals surface area contributed by atoms with Crippen molar-refractivity contribution in [2.75, 3.05) is 4.90 Å². The quantitative estimate of drug-likeness (QED) is 0.177. The lowest BCUT2D eigenvalue weighted by molar-refractivity contribution is 0.669. The number of rotatable bonds is 5. The number of benzene rings is 10. The minimum Gasteiger partial charge on any atom is -0.456 e. The summed E-state index contributed by atoms with van der Waals surface area (Å²) in [4.78, 5) is 2.40. The Morgan fingerprint density at radius 1 is 0.316 bits per heavy atom. The minimum atomic E-state index is 0.859. The number of anilines is 3. The van der Waals surface area contributed by atoms with Gasteiger partial charge in [-0.2, -0.15) is 0 Å². The van der Waals surface area contributed by atoms with Gasteiger partial charge in [0.1, 0.15) is 22.3 Å². The average Bonchev–Trinajstić information content (AvgIpc) is 3.86. The Morgan fingerprint density at radius 3 is 1.95 bits per heavy atom. The van der Waals surface area contributed by atoms with Crippen molar-refractivity contribution in [1.29, 1.82) is 0 Å². The fraction of sp³-hybridized carbons (Fsp3) is 0. The first-order chi connectivity index (χ1) is 28.3. The van der Waals surface area contributed by atoms with Crippen LogP contribution in [0.3, 0.4) is 0 Å². The third-order valence-corrected chi connectivity index (χ3v) is 11.6. The van der Waals surface area contributed by atoms with Gasteiger partial charge >= 0.3 is 0 Å². The van der Waals surface area contributed by atoms with Crippen molar-refractivity contribution in [3.05, 3.63) is 200 Å². The highest BCUT2D eigenvalue weighted by atomic mass is 16.3. The third-order valence-electron chi connectivity index (χ3n) is 11.6. The Labute approximate surface area is 328 Å². The maximum atomic E-state index is 6.76. The van der Waals surface area contributed by atoms with Crippen molar-refractivity contribution in [1.82, 2.24) is 0 Å². The van der Waals surface area contributed by atoms with Gasteiger partial charge in [0.25, 0.3) is 0 Å². The maximum absolute atomic E-state index is 6.76. The summed E-state index contributed by atoms with van der Waals surface area (Å²) in [5, 5.41) is 11.5. The molecule has 0 saturated carbocycles. The summed E-state index contributed by atoms with van der Waals surface area (Å²) < 4.78 is 13.0. The normalized spacial score (nSPS) is 11.9. The predicted molar refractivity (Wildman–Crippen MR) is 239 cm³/mol. The topological polar surface area (TPSA) is 29.5 Å². The first-order valence-electron chi connectivity index (χ1n) is 19.4. The molecule has 0 N–H and O–H groups in total. The second-order valence-corrected chi connectivity index (χ2v) is 14.8. The van der Waals surface area contributed by atoms with Crippen molar-refractivity contribution < 1.29 is 8.83 Å². The molecule has 0 aliphatic carbocycles. The van der Waals surface area contributed by atoms with Crippen LogP contribution in [0.4, 0.5) is 17.1 Å². The van der Waals surface area contributed by atoms with E-state index in [2.05, 4.69) is 193 Å². The molecule has 0 aliphatic heterocycles. The summed E-state index contributed by atoms with van der Waals surface area (Å²) in [6, 6.07) is 71.6. The van der Waals surface area contributed by atoms with E-state index in [4.69, 9.17) is 8.83 Å². The van der Waals surface area contributed by atoms with Crippen molar-refractivity contribution in [2.24, 2.45) is 0 Å². The lowest BCUT2D eigenvalue weighted by Gasteiger charge is -2.29. The molecule has 0 unspecified atom stereocenters. The molecule has 2 aromatic heterocycles. The molecular formula is C54H33NO2. The molecule has 3 nitrogen and oxygen atoms in total. The van der Waals surface area contributed by atoms with Crippen molar-refractivity contribution in [2.45, 2.75) is 0 Å². The van der Waals surface area contributed by atoms with E-state index in [1.165, 1.54) is 32.7 Å². The number of para-hydroxylation sites is 2. The van der Waals surface area contributed by atoms with E-state index >= 15 is 0 Å². The van der Waals surface area contributed by atoms with Gasteiger partial charge in [0.05, 0.1) is 11.4 Å². The Morgan fingerprint density at radius 2 is 1.04 bits per heavy atom. The van der Waals surface area contributed by atoms with Crippen LogP contribution in [-0.4, -0.2) is 0 Å². The molecule has 0 aliphatic rings. The highest BCUT2D eigenvalue weighted by Crippen LogP contribution is 2.47. The van der Waals surface area contributed by atoms with Crippen LogP contribution >= 0.6 is 0 Å². The summed E-state index contributed by atoms with van der Waals surface area (Å²) in [6.45, 7) is 0. The van der Waals surface area contributed by atoms with Crippen molar-refractivity contribution in [3.8, 4) is 22.3 Å². The van der Waals surface area contributed by atoms with E-state index in [1.54, 1.807) is 0 Å². The van der Waals surface area contributed by atoms with E-state index in [0.29, 0.717) is 0 Å². The lowest BCUT2D eigenvalue weighted by atomic mass is 9.93. The lowest BCUT2D eigenvalue weighted by Crippen LogP contribution is -2.12. The van der Waals surface area contributed by atoms with Crippen LogP contribution in [0.15, 0.2) is 209 Å². The van der Waals surface area contributed by atoms with Crippen LogP contribution in [0.2, 0.25) is 0 Å². The number of fused-ring (bicyclic) bond motifs is 11. The molecular weight excluding hydrogens is 695 g/mol. The standard InChI is InChI=1S/C54H33NO2/c1-2-12-34(13-3-1)40-15-8-10-20-48(40)55(38-25-28-45-46-27-22-35-14-4-5-16-42(35)54(46)57-52(45)33-38)49-30-29-39(43-17-6-7-18-44(43)49)36-23-26-41-37(32-36)24-31-51-53(41)47-19-9-11-21-50(47)56-51/h1-33H. The zero-order chi connectivity index (χ0) is 37.5. The minimum absolute atomic E-state index is 0.859. The summed E-state index contributed by atoms with van der Waals surface area (Å²) >= 11 is 0. The highest BCUT2D eigenvalue weighted by Gasteiger charge is 2.22. The number of nitrogens with zero attached hydrogens (tertiary/aromatic N) is 1. The van der Waals surface area contributed by atoms with Crippen LogP contribution in [0, 0.1) is 0 Å². The molecule has 0 saturated heterocycles. The molecule has 12 rings (SSSR count). The van der Waals surface area contributed by atoms with Gasteiger partial charge < -0.3 is 13.7 Å². The number of hydrogen-bond acceptors (Lipinski definition) is 3. The molecule has 12 aromatic rings. The van der Waals surface area contributed by atoms with Gasteiger partial charge in [-0.05, 0) is 86.8 Å². The fourth-order valence-electron chi connectivity index (χ4n) is 9.02. The molecule has 0 bridgehead atoms. The van der Waals surface area contributed by atoms with Crippen LogP contribution in [0.1, 0.15) is 0 Å². The molecule has 0 fully saturated rings. The summed E-state index contributed by atoms with van der Waals surface area (Å²) in [7, 11) is 0. The molecule has 266 valence electrons. The zero-order valence-electron chi connectivity index (χ0n) is 30.8. The van der Waals surface area contributed by atoms with Gasteiger partial charge in [0, 0.05) is 49.6 Å². The predicted octanol–water partition coefficient (Wildman–Crippen LogP) is 15.7. The van der Waals surface area contributed by atoms with Crippen LogP contribution in [0.5, 0.6) is 0 Å². The Kier molecular flexibility index (Phi) is 6.93. The van der Waals surface area contributed by atoms with E-state index in [0.717, 1.165) is 82.8 Å². The van der Waals surface area contributed by atoms with Crippen LogP contribution in [-0.2, 0) is 0 Å². The second kappa shape index (κ2) is 12.5. The van der Waals surface area contributed by atoms with E-state index < -0.39 is 0 Å². The van der Waals surface area contributed by atoms with Gasteiger partial charge in [-0.15, -0.1) is 0 Å². The average molecular weight is 728 g/mol. The monoisotopic (exact) mass is 727 g/mol. The summed E-state index contributed by atoms with van der Waals surface area (Å²) in [5.74, 6) is 0. The van der Waals surface area contributed by atoms with Crippen molar-refractivity contribution in [3.63, 3.8) is 0 Å². The van der Waals surface area contributed by atoms with Crippen LogP contribution < -0.4 is 4.90 Å². The van der Waals surface area contributed by atoms with E-state index in [1.807, 2.05) is 12.1 Å². The third kappa shape index (κ3) is 4.92. The van der Waals surface area contributed by atoms with Crippen molar-refractivity contribution >= 4 is 93.3 Å². The highest BCUT2D eigenvalue weighted by molar-refractivity contribution is 6.20. The first kappa shape index (κ1) is 31.7. The molecule has 0 spiro atoms. The second-order valence-electron chi connectivity index (χ2n) is 14.8. The Hall–Kier alpha value is -7.62. The molecule has 3 heteroatoms. The van der Waals surface area contributed by atoms with E-state index in [-0.39, 0.29) is 0 Å².